The van der Waals surface area contributed by atoms with E-state index in [1.54, 1.807) is 11.8 Å². The van der Waals surface area contributed by atoms with Crippen LogP contribution in [0.1, 0.15) is 42.4 Å². The molecule has 8 heteroatoms. The Hall–Kier alpha value is -2.16. The summed E-state index contributed by atoms with van der Waals surface area (Å²) >= 11 is 1.63. The number of hydrogen-bond donors (Lipinski definition) is 1. The lowest BCUT2D eigenvalue weighted by molar-refractivity contribution is 0.0951. The summed E-state index contributed by atoms with van der Waals surface area (Å²) in [5.41, 5.74) is 2.80. The highest BCUT2D eigenvalue weighted by Gasteiger charge is 2.21. The summed E-state index contributed by atoms with van der Waals surface area (Å²) < 4.78 is 5.49. The number of nitrogens with one attached hydrogen (secondary N) is 1. The molecule has 1 aliphatic rings. The number of carbonyl (C=O) groups is 1. The molecule has 1 aromatic carbocycles. The third-order valence-corrected chi connectivity index (χ3v) is 6.14. The van der Waals surface area contributed by atoms with Crippen molar-refractivity contribution in [1.82, 2.24) is 20.2 Å². The van der Waals surface area contributed by atoms with Gasteiger partial charge in [0, 0.05) is 49.0 Å². The van der Waals surface area contributed by atoms with Gasteiger partial charge in [-0.3, -0.25) is 4.79 Å². The Bertz CT molecular complexity index is 890. The fourth-order valence-corrected chi connectivity index (χ4v) is 4.02. The molecular formula is C24H35N5O2S. The average molecular weight is 458 g/mol. The lowest BCUT2D eigenvalue weighted by Gasteiger charge is -2.29. The van der Waals surface area contributed by atoms with Gasteiger partial charge in [-0.1, -0.05) is 44.7 Å². The van der Waals surface area contributed by atoms with Crippen molar-refractivity contribution in [3.63, 3.8) is 0 Å². The zero-order valence-corrected chi connectivity index (χ0v) is 20.7. The molecule has 0 unspecified atom stereocenters. The molecule has 3 rings (SSSR count). The van der Waals surface area contributed by atoms with Crippen LogP contribution in [0.15, 0.2) is 35.5 Å². The first-order valence-corrected chi connectivity index (χ1v) is 12.1. The van der Waals surface area contributed by atoms with Gasteiger partial charge in [0.2, 0.25) is 0 Å². The average Bonchev–Trinajstić information content (AvgIpc) is 2.77. The molecule has 0 atom stereocenters. The van der Waals surface area contributed by atoms with Gasteiger partial charge < -0.3 is 19.9 Å². The van der Waals surface area contributed by atoms with Crippen LogP contribution in [0.5, 0.6) is 0 Å². The summed E-state index contributed by atoms with van der Waals surface area (Å²) in [7, 11) is 3.98. The number of likely N-dealkylation sites (N-methyl/N-ethyl adjacent to an activating group) is 1. The summed E-state index contributed by atoms with van der Waals surface area (Å²) in [5, 5.41) is 3.73. The molecule has 0 spiro atoms. The summed E-state index contributed by atoms with van der Waals surface area (Å²) in [6.07, 6.45) is 0. The minimum atomic E-state index is -0.0547. The van der Waals surface area contributed by atoms with Gasteiger partial charge in [-0.15, -0.1) is 0 Å². The highest BCUT2D eigenvalue weighted by molar-refractivity contribution is 7.98. The Morgan fingerprint density at radius 1 is 1.16 bits per heavy atom. The van der Waals surface area contributed by atoms with Gasteiger partial charge in [0.25, 0.3) is 5.91 Å². The molecule has 7 nitrogen and oxygen atoms in total. The summed E-state index contributed by atoms with van der Waals surface area (Å²) in [6.45, 7) is 11.1. The van der Waals surface area contributed by atoms with E-state index in [-0.39, 0.29) is 11.3 Å². The van der Waals surface area contributed by atoms with Gasteiger partial charge in [-0.2, -0.15) is 0 Å². The Balaban J connectivity index is 1.66. The minimum Gasteiger partial charge on any atom is -0.378 e. The second-order valence-electron chi connectivity index (χ2n) is 9.29. The molecule has 1 N–H and O–H groups in total. The highest BCUT2D eigenvalue weighted by atomic mass is 32.2. The summed E-state index contributed by atoms with van der Waals surface area (Å²) in [4.78, 5) is 26.3. The number of benzene rings is 1. The molecule has 0 saturated carbocycles. The predicted molar refractivity (Wildman–Crippen MR) is 131 cm³/mol. The first-order chi connectivity index (χ1) is 15.2. The zero-order valence-electron chi connectivity index (χ0n) is 19.9. The fraction of sp³-hybridized carbons (Fsp3) is 0.542. The van der Waals surface area contributed by atoms with Crippen molar-refractivity contribution in [3.8, 4) is 0 Å². The standard InChI is InChI=1S/C24H35N5O2S/c1-24(2,3)20-16-21(29-12-14-31-15-13-29)27-23(26-20)32-17-18-6-8-19(9-7-18)22(30)25-10-11-28(4)5/h6-9,16H,10-15,17H2,1-5H3,(H,25,30). The molecule has 0 radical (unpaired) electrons. The third-order valence-electron chi connectivity index (χ3n) is 5.22. The van der Waals surface area contributed by atoms with E-state index in [0.29, 0.717) is 12.1 Å². The molecular weight excluding hydrogens is 422 g/mol. The quantitative estimate of drug-likeness (QED) is 0.482. The van der Waals surface area contributed by atoms with Gasteiger partial charge in [-0.05, 0) is 31.8 Å². The Kier molecular flexibility index (Phi) is 8.51. The SMILES string of the molecule is CN(C)CCNC(=O)c1ccc(CSc2nc(N3CCOCC3)cc(C(C)(C)C)n2)cc1. The lowest BCUT2D eigenvalue weighted by atomic mass is 9.92. The first kappa shape index (κ1) is 24.5. The largest absolute Gasteiger partial charge is 0.378 e. The Labute approximate surface area is 195 Å². The molecule has 2 heterocycles. The monoisotopic (exact) mass is 457 g/mol. The molecule has 32 heavy (non-hydrogen) atoms. The van der Waals surface area contributed by atoms with Crippen LogP contribution in [0.3, 0.4) is 0 Å². The number of amides is 1. The van der Waals surface area contributed by atoms with E-state index in [1.807, 2.05) is 43.3 Å². The maximum absolute atomic E-state index is 12.3. The fourth-order valence-electron chi connectivity index (χ4n) is 3.21. The van der Waals surface area contributed by atoms with Crippen molar-refractivity contribution in [2.45, 2.75) is 37.1 Å². The lowest BCUT2D eigenvalue weighted by Crippen LogP contribution is -2.37. The second-order valence-corrected chi connectivity index (χ2v) is 10.2. The van der Waals surface area contributed by atoms with Crippen molar-refractivity contribution in [2.75, 3.05) is 58.4 Å². The smallest absolute Gasteiger partial charge is 0.251 e. The number of carbonyl (C=O) groups excluding carboxylic acids is 1. The zero-order chi connectivity index (χ0) is 23.1. The molecule has 1 saturated heterocycles. The van der Waals surface area contributed by atoms with Gasteiger partial charge in [0.1, 0.15) is 5.82 Å². The molecule has 174 valence electrons. The Morgan fingerprint density at radius 3 is 2.47 bits per heavy atom. The minimum absolute atomic E-state index is 0.0394. The molecule has 0 bridgehead atoms. The van der Waals surface area contributed by atoms with E-state index < -0.39 is 0 Å². The van der Waals surface area contributed by atoms with E-state index in [4.69, 9.17) is 14.7 Å². The molecule has 2 aromatic rings. The van der Waals surface area contributed by atoms with Crippen LogP contribution in [-0.2, 0) is 15.9 Å². The van der Waals surface area contributed by atoms with Crippen LogP contribution in [0.2, 0.25) is 0 Å². The molecule has 1 aliphatic heterocycles. The predicted octanol–water partition coefficient (Wildman–Crippen LogP) is 3.19. The van der Waals surface area contributed by atoms with E-state index >= 15 is 0 Å². The van der Waals surface area contributed by atoms with E-state index in [9.17, 15) is 4.79 Å². The van der Waals surface area contributed by atoms with Crippen LogP contribution in [0.4, 0.5) is 5.82 Å². The van der Waals surface area contributed by atoms with Crippen LogP contribution in [0.25, 0.3) is 0 Å². The van der Waals surface area contributed by atoms with Crippen molar-refractivity contribution < 1.29 is 9.53 Å². The maximum atomic E-state index is 12.3. The van der Waals surface area contributed by atoms with Gasteiger partial charge in [-0.25, -0.2) is 9.97 Å². The van der Waals surface area contributed by atoms with Crippen molar-refractivity contribution >= 4 is 23.5 Å². The summed E-state index contributed by atoms with van der Waals surface area (Å²) in [5.74, 6) is 1.68. The third kappa shape index (κ3) is 7.18. The van der Waals surface area contributed by atoms with Crippen molar-refractivity contribution in [1.29, 1.82) is 0 Å². The normalized spacial score (nSPS) is 14.6. The first-order valence-electron chi connectivity index (χ1n) is 11.1. The number of thioether (sulfide) groups is 1. The Morgan fingerprint density at radius 2 is 1.84 bits per heavy atom. The van der Waals surface area contributed by atoms with E-state index in [2.05, 4.69) is 37.1 Å². The number of nitrogens with zero attached hydrogens (tertiary/aromatic N) is 4. The van der Waals surface area contributed by atoms with Crippen molar-refractivity contribution in [2.24, 2.45) is 0 Å². The molecule has 1 amide bonds. The number of anilines is 1. The number of ether oxygens (including phenoxy) is 1. The molecule has 1 aromatic heterocycles. The number of rotatable bonds is 8. The van der Waals surface area contributed by atoms with Crippen LogP contribution in [-0.4, -0.2) is 74.3 Å². The summed E-state index contributed by atoms with van der Waals surface area (Å²) in [6, 6.07) is 9.88. The maximum Gasteiger partial charge on any atom is 0.251 e. The number of aromatic nitrogens is 2. The molecule has 0 aliphatic carbocycles. The van der Waals surface area contributed by atoms with Crippen LogP contribution in [0, 0.1) is 0 Å². The topological polar surface area (TPSA) is 70.6 Å². The van der Waals surface area contributed by atoms with Gasteiger partial charge in [0.15, 0.2) is 5.16 Å². The van der Waals surface area contributed by atoms with Gasteiger partial charge in [0.05, 0.1) is 18.9 Å². The van der Waals surface area contributed by atoms with Crippen LogP contribution >= 0.6 is 11.8 Å². The number of morpholine rings is 1. The van der Waals surface area contributed by atoms with Crippen molar-refractivity contribution in [3.05, 3.63) is 47.2 Å². The second kappa shape index (κ2) is 11.1. The number of hydrogen-bond acceptors (Lipinski definition) is 7. The van der Waals surface area contributed by atoms with E-state index in [0.717, 1.165) is 60.8 Å². The highest BCUT2D eigenvalue weighted by Crippen LogP contribution is 2.28. The van der Waals surface area contributed by atoms with Crippen LogP contribution < -0.4 is 10.2 Å². The van der Waals surface area contributed by atoms with Gasteiger partial charge >= 0.3 is 0 Å². The molecule has 1 fully saturated rings. The van der Waals surface area contributed by atoms with E-state index in [1.165, 1.54) is 0 Å².